The van der Waals surface area contributed by atoms with E-state index >= 15 is 0 Å². The van der Waals surface area contributed by atoms with Crippen molar-refractivity contribution in [3.63, 3.8) is 0 Å². The molecule has 8 nitrogen and oxygen atoms in total. The molecule has 3 N–H and O–H groups in total. The summed E-state index contributed by atoms with van der Waals surface area (Å²) < 4.78 is 24.8. The van der Waals surface area contributed by atoms with E-state index in [1.54, 1.807) is 24.3 Å². The molecule has 0 bridgehead atoms. The van der Waals surface area contributed by atoms with Gasteiger partial charge >= 0.3 is 0 Å². The fourth-order valence-corrected chi connectivity index (χ4v) is 3.22. The van der Waals surface area contributed by atoms with Crippen LogP contribution in [-0.2, 0) is 10.0 Å². The lowest BCUT2D eigenvalue weighted by atomic mass is 10.2. The molecular weight excluding hydrogens is 390 g/mol. The lowest BCUT2D eigenvalue weighted by Gasteiger charge is -2.09. The third-order valence-corrected chi connectivity index (χ3v) is 4.44. The van der Waals surface area contributed by atoms with Gasteiger partial charge in [0.1, 0.15) is 0 Å². The van der Waals surface area contributed by atoms with Crippen LogP contribution < -0.4 is 15.4 Å². The van der Waals surface area contributed by atoms with Gasteiger partial charge in [0, 0.05) is 34.0 Å². The molecule has 2 aromatic carbocycles. The van der Waals surface area contributed by atoms with Crippen LogP contribution in [0.1, 0.15) is 21.7 Å². The number of rotatable bonds is 6. The lowest BCUT2D eigenvalue weighted by molar-refractivity contribution is 0.102. The Hall–Kier alpha value is -3.46. The second kappa shape index (κ2) is 8.27. The SMILES string of the molecule is Cc1cc(C)nc(Nc2ccc(NC(=O)c3ccc(NS(C)(=O)=O)cc3)cc2)n1. The van der Waals surface area contributed by atoms with Crippen molar-refractivity contribution < 1.29 is 13.2 Å². The van der Waals surface area contributed by atoms with Crippen molar-refractivity contribution in [1.82, 2.24) is 9.97 Å². The summed E-state index contributed by atoms with van der Waals surface area (Å²) in [5.74, 6) is 0.219. The van der Waals surface area contributed by atoms with Crippen LogP contribution >= 0.6 is 0 Å². The molecule has 1 aromatic heterocycles. The van der Waals surface area contributed by atoms with Crippen LogP contribution in [0, 0.1) is 13.8 Å². The normalized spacial score (nSPS) is 11.0. The fourth-order valence-electron chi connectivity index (χ4n) is 2.65. The number of benzene rings is 2. The minimum atomic E-state index is -3.36. The highest BCUT2D eigenvalue weighted by Gasteiger charge is 2.08. The number of amides is 1. The van der Waals surface area contributed by atoms with Gasteiger partial charge in [-0.05, 0) is 68.4 Å². The second-order valence-electron chi connectivity index (χ2n) is 6.58. The molecule has 3 rings (SSSR count). The summed E-state index contributed by atoms with van der Waals surface area (Å²) in [6.45, 7) is 3.81. The van der Waals surface area contributed by atoms with Gasteiger partial charge in [0.05, 0.1) is 6.26 Å². The van der Waals surface area contributed by atoms with E-state index < -0.39 is 10.0 Å². The molecule has 1 amide bonds. The van der Waals surface area contributed by atoms with Crippen LogP contribution in [-0.4, -0.2) is 30.5 Å². The van der Waals surface area contributed by atoms with Gasteiger partial charge in [-0.25, -0.2) is 18.4 Å². The summed E-state index contributed by atoms with van der Waals surface area (Å²) in [5, 5.41) is 5.93. The van der Waals surface area contributed by atoms with Gasteiger partial charge in [-0.2, -0.15) is 0 Å². The molecular formula is C20H21N5O3S. The number of hydrogen-bond donors (Lipinski definition) is 3. The van der Waals surface area contributed by atoms with E-state index in [1.165, 1.54) is 12.1 Å². The Morgan fingerprint density at radius 3 is 1.90 bits per heavy atom. The number of anilines is 4. The molecule has 0 fully saturated rings. The Morgan fingerprint density at radius 1 is 0.828 bits per heavy atom. The Labute approximate surface area is 169 Å². The first-order valence-electron chi connectivity index (χ1n) is 8.76. The molecule has 0 aliphatic heterocycles. The Bertz CT molecular complexity index is 1110. The van der Waals surface area contributed by atoms with Crippen molar-refractivity contribution in [1.29, 1.82) is 0 Å². The highest BCUT2D eigenvalue weighted by Crippen LogP contribution is 2.18. The van der Waals surface area contributed by atoms with E-state index in [4.69, 9.17) is 0 Å². The van der Waals surface area contributed by atoms with Gasteiger partial charge in [-0.15, -0.1) is 0 Å². The number of carbonyl (C=O) groups excluding carboxylic acids is 1. The van der Waals surface area contributed by atoms with E-state index in [2.05, 4.69) is 25.3 Å². The standard InChI is InChI=1S/C20H21N5O3S/c1-13-12-14(2)22-20(21-13)24-17-10-8-16(9-11-17)23-19(26)15-4-6-18(7-5-15)25-29(3,27)28/h4-12,25H,1-3H3,(H,23,26)(H,21,22,24). The molecule has 0 radical (unpaired) electrons. The topological polar surface area (TPSA) is 113 Å². The van der Waals surface area contributed by atoms with Gasteiger partial charge < -0.3 is 10.6 Å². The predicted molar refractivity (Wildman–Crippen MR) is 114 cm³/mol. The van der Waals surface area contributed by atoms with Crippen molar-refractivity contribution in [2.24, 2.45) is 0 Å². The summed E-state index contributed by atoms with van der Waals surface area (Å²) in [7, 11) is -3.36. The fraction of sp³-hybridized carbons (Fsp3) is 0.150. The van der Waals surface area contributed by atoms with Crippen molar-refractivity contribution in [2.75, 3.05) is 21.6 Å². The van der Waals surface area contributed by atoms with Crippen LogP contribution in [0.5, 0.6) is 0 Å². The Morgan fingerprint density at radius 2 is 1.34 bits per heavy atom. The number of sulfonamides is 1. The third kappa shape index (κ3) is 6.01. The molecule has 0 spiro atoms. The van der Waals surface area contributed by atoms with Crippen molar-refractivity contribution >= 4 is 38.9 Å². The quantitative estimate of drug-likeness (QED) is 0.572. The van der Waals surface area contributed by atoms with E-state index in [0.717, 1.165) is 23.3 Å². The van der Waals surface area contributed by atoms with Crippen molar-refractivity contribution in [2.45, 2.75) is 13.8 Å². The highest BCUT2D eigenvalue weighted by molar-refractivity contribution is 7.92. The van der Waals surface area contributed by atoms with Gasteiger partial charge in [0.15, 0.2) is 0 Å². The van der Waals surface area contributed by atoms with Crippen LogP contribution in [0.3, 0.4) is 0 Å². The van der Waals surface area contributed by atoms with Gasteiger partial charge in [-0.3, -0.25) is 9.52 Å². The van der Waals surface area contributed by atoms with Gasteiger partial charge in [0.25, 0.3) is 5.91 Å². The zero-order valence-electron chi connectivity index (χ0n) is 16.2. The first-order valence-corrected chi connectivity index (χ1v) is 10.7. The molecule has 0 aliphatic carbocycles. The van der Waals surface area contributed by atoms with Gasteiger partial charge in [-0.1, -0.05) is 0 Å². The average Bonchev–Trinajstić information content (AvgIpc) is 2.62. The first kappa shape index (κ1) is 20.3. The van der Waals surface area contributed by atoms with E-state index in [9.17, 15) is 13.2 Å². The van der Waals surface area contributed by atoms with E-state index in [-0.39, 0.29) is 5.91 Å². The molecule has 0 aliphatic rings. The molecule has 0 unspecified atom stereocenters. The monoisotopic (exact) mass is 411 g/mol. The summed E-state index contributed by atoms with van der Waals surface area (Å²) in [6, 6.07) is 15.2. The maximum absolute atomic E-state index is 12.4. The molecule has 9 heteroatoms. The number of nitrogens with zero attached hydrogens (tertiary/aromatic N) is 2. The number of aromatic nitrogens is 2. The smallest absolute Gasteiger partial charge is 0.255 e. The van der Waals surface area contributed by atoms with Crippen molar-refractivity contribution in [3.8, 4) is 0 Å². The van der Waals surface area contributed by atoms with E-state index in [0.29, 0.717) is 22.9 Å². The number of carbonyl (C=O) groups is 1. The van der Waals surface area contributed by atoms with Crippen molar-refractivity contribution in [3.05, 3.63) is 71.5 Å². The maximum atomic E-state index is 12.4. The third-order valence-electron chi connectivity index (χ3n) is 3.83. The molecule has 150 valence electrons. The van der Waals surface area contributed by atoms with Crippen LogP contribution in [0.4, 0.5) is 23.0 Å². The molecule has 0 atom stereocenters. The minimum absolute atomic E-state index is 0.297. The molecule has 0 saturated heterocycles. The zero-order valence-corrected chi connectivity index (χ0v) is 17.0. The Balaban J connectivity index is 1.63. The molecule has 1 heterocycles. The molecule has 0 saturated carbocycles. The Kier molecular flexibility index (Phi) is 5.79. The largest absolute Gasteiger partial charge is 0.324 e. The van der Waals surface area contributed by atoms with Crippen LogP contribution in [0.2, 0.25) is 0 Å². The van der Waals surface area contributed by atoms with E-state index in [1.807, 2.05) is 32.0 Å². The maximum Gasteiger partial charge on any atom is 0.255 e. The summed E-state index contributed by atoms with van der Waals surface area (Å²) in [6.07, 6.45) is 1.07. The van der Waals surface area contributed by atoms with Gasteiger partial charge in [0.2, 0.25) is 16.0 Å². The summed E-state index contributed by atoms with van der Waals surface area (Å²) in [4.78, 5) is 21.0. The molecule has 3 aromatic rings. The second-order valence-corrected chi connectivity index (χ2v) is 8.33. The molecule has 29 heavy (non-hydrogen) atoms. The lowest BCUT2D eigenvalue weighted by Crippen LogP contribution is -2.13. The van der Waals surface area contributed by atoms with Crippen LogP contribution in [0.15, 0.2) is 54.6 Å². The zero-order chi connectivity index (χ0) is 21.0. The number of hydrogen-bond acceptors (Lipinski definition) is 6. The average molecular weight is 411 g/mol. The minimum Gasteiger partial charge on any atom is -0.324 e. The first-order chi connectivity index (χ1) is 13.7. The summed E-state index contributed by atoms with van der Waals surface area (Å²) >= 11 is 0. The highest BCUT2D eigenvalue weighted by atomic mass is 32.2. The van der Waals surface area contributed by atoms with Crippen LogP contribution in [0.25, 0.3) is 0 Å². The predicted octanol–water partition coefficient (Wildman–Crippen LogP) is 3.46. The number of aryl methyl sites for hydroxylation is 2. The summed E-state index contributed by atoms with van der Waals surface area (Å²) in [5.41, 5.74) is 3.98. The number of nitrogens with one attached hydrogen (secondary N) is 3.